The third-order valence-corrected chi connectivity index (χ3v) is 3.08. The molecule has 0 spiro atoms. The molecule has 0 aliphatic rings. The molecule has 0 saturated heterocycles. The van der Waals surface area contributed by atoms with Gasteiger partial charge in [0.25, 0.3) is 11.6 Å². The first-order chi connectivity index (χ1) is 11.9. The number of aromatic hydroxyl groups is 1. The van der Waals surface area contributed by atoms with Gasteiger partial charge in [-0.15, -0.1) is 0 Å². The molecule has 2 rings (SSSR count). The Morgan fingerprint density at radius 1 is 1.24 bits per heavy atom. The molecule has 2 N–H and O–H groups in total. The van der Waals surface area contributed by atoms with Gasteiger partial charge in [0.05, 0.1) is 23.3 Å². The van der Waals surface area contributed by atoms with Crippen LogP contribution < -0.4 is 10.1 Å². The highest BCUT2D eigenvalue weighted by Gasteiger charge is 2.15. The monoisotopic (exact) mass is 346 g/mol. The van der Waals surface area contributed by atoms with Crippen molar-refractivity contribution in [1.82, 2.24) is 0 Å². The van der Waals surface area contributed by atoms with Crippen LogP contribution in [0.3, 0.4) is 0 Å². The van der Waals surface area contributed by atoms with Gasteiger partial charge >= 0.3 is 5.97 Å². The van der Waals surface area contributed by atoms with Crippen LogP contribution in [0.2, 0.25) is 0 Å². The molecule has 0 fully saturated rings. The maximum absolute atomic E-state index is 11.9. The zero-order valence-corrected chi connectivity index (χ0v) is 13.1. The number of carbonyl (C=O) groups excluding carboxylic acids is 2. The Morgan fingerprint density at radius 3 is 2.64 bits per heavy atom. The molecule has 0 unspecified atom stereocenters. The Hall–Kier alpha value is -3.62. The maximum Gasteiger partial charge on any atom is 0.338 e. The molecule has 0 aliphatic carbocycles. The van der Waals surface area contributed by atoms with Gasteiger partial charge in [0.1, 0.15) is 11.5 Å². The van der Waals surface area contributed by atoms with Crippen LogP contribution in [0.15, 0.2) is 42.5 Å². The number of nitrogens with one attached hydrogen (secondary N) is 1. The summed E-state index contributed by atoms with van der Waals surface area (Å²) in [5, 5.41) is 22.5. The van der Waals surface area contributed by atoms with Crippen molar-refractivity contribution in [3.05, 3.63) is 58.1 Å². The second-order valence-electron chi connectivity index (χ2n) is 4.82. The van der Waals surface area contributed by atoms with Crippen molar-refractivity contribution < 1.29 is 29.1 Å². The summed E-state index contributed by atoms with van der Waals surface area (Å²) in [6.45, 7) is -0.611. The smallest absolute Gasteiger partial charge is 0.338 e. The van der Waals surface area contributed by atoms with Gasteiger partial charge in [-0.1, -0.05) is 6.07 Å². The van der Waals surface area contributed by atoms with Crippen molar-refractivity contribution >= 4 is 23.3 Å². The van der Waals surface area contributed by atoms with E-state index in [9.17, 15) is 24.8 Å². The third kappa shape index (κ3) is 4.67. The number of ether oxygens (including phenoxy) is 2. The van der Waals surface area contributed by atoms with Crippen molar-refractivity contribution in [1.29, 1.82) is 0 Å². The SMILES string of the molecule is COc1ccc([N+](=O)[O-])cc1NC(=O)COC(=O)c1cccc(O)c1. The van der Waals surface area contributed by atoms with Gasteiger partial charge in [-0.2, -0.15) is 0 Å². The molecular formula is C16H14N2O7. The first-order valence-electron chi connectivity index (χ1n) is 6.99. The van der Waals surface area contributed by atoms with E-state index in [0.29, 0.717) is 0 Å². The molecule has 0 atom stereocenters. The fourth-order valence-electron chi connectivity index (χ4n) is 1.94. The number of rotatable bonds is 6. The minimum atomic E-state index is -0.794. The zero-order chi connectivity index (χ0) is 18.4. The average molecular weight is 346 g/mol. The molecule has 9 nitrogen and oxygen atoms in total. The van der Waals surface area contributed by atoms with Crippen LogP contribution >= 0.6 is 0 Å². The average Bonchev–Trinajstić information content (AvgIpc) is 2.59. The van der Waals surface area contributed by atoms with Crippen LogP contribution in [0.4, 0.5) is 11.4 Å². The molecule has 0 aliphatic heterocycles. The van der Waals surface area contributed by atoms with E-state index < -0.39 is 23.4 Å². The largest absolute Gasteiger partial charge is 0.508 e. The fourth-order valence-corrected chi connectivity index (χ4v) is 1.94. The van der Waals surface area contributed by atoms with Crippen LogP contribution in [0.5, 0.6) is 11.5 Å². The number of esters is 1. The summed E-state index contributed by atoms with van der Waals surface area (Å²) in [4.78, 5) is 33.9. The van der Waals surface area contributed by atoms with Crippen LogP contribution in [-0.2, 0) is 9.53 Å². The molecule has 130 valence electrons. The summed E-state index contributed by atoms with van der Waals surface area (Å²) in [6, 6.07) is 9.17. The lowest BCUT2D eigenvalue weighted by atomic mass is 10.2. The van der Waals surface area contributed by atoms with Crippen molar-refractivity contribution in [3.63, 3.8) is 0 Å². The van der Waals surface area contributed by atoms with E-state index in [-0.39, 0.29) is 28.4 Å². The summed E-state index contributed by atoms with van der Waals surface area (Å²) in [6.07, 6.45) is 0. The number of carbonyl (C=O) groups is 2. The summed E-state index contributed by atoms with van der Waals surface area (Å²) in [5.74, 6) is -1.39. The van der Waals surface area contributed by atoms with Crippen LogP contribution in [0.25, 0.3) is 0 Å². The minimum Gasteiger partial charge on any atom is -0.508 e. The predicted molar refractivity (Wildman–Crippen MR) is 86.7 cm³/mol. The second kappa shape index (κ2) is 7.77. The number of nitro groups is 1. The molecule has 25 heavy (non-hydrogen) atoms. The molecule has 2 aromatic carbocycles. The molecule has 0 bridgehead atoms. The summed E-state index contributed by atoms with van der Waals surface area (Å²) in [5.41, 5.74) is -0.0660. The van der Waals surface area contributed by atoms with E-state index in [2.05, 4.69) is 5.32 Å². The summed E-state index contributed by atoms with van der Waals surface area (Å²) >= 11 is 0. The lowest BCUT2D eigenvalue weighted by molar-refractivity contribution is -0.384. The molecule has 0 aromatic heterocycles. The van der Waals surface area contributed by atoms with Crippen LogP contribution in [0, 0.1) is 10.1 Å². The first-order valence-corrected chi connectivity index (χ1v) is 6.99. The number of phenols is 1. The van der Waals surface area contributed by atoms with Crippen molar-refractivity contribution in [2.24, 2.45) is 0 Å². The van der Waals surface area contributed by atoms with E-state index >= 15 is 0 Å². The van der Waals surface area contributed by atoms with E-state index in [4.69, 9.17) is 9.47 Å². The Labute approximate surface area is 141 Å². The highest BCUT2D eigenvalue weighted by atomic mass is 16.6. The molecule has 0 radical (unpaired) electrons. The van der Waals surface area contributed by atoms with Gasteiger partial charge < -0.3 is 19.9 Å². The maximum atomic E-state index is 11.9. The number of anilines is 1. The van der Waals surface area contributed by atoms with Gasteiger partial charge in [0.15, 0.2) is 6.61 Å². The highest BCUT2D eigenvalue weighted by Crippen LogP contribution is 2.28. The Kier molecular flexibility index (Phi) is 5.51. The van der Waals surface area contributed by atoms with Crippen molar-refractivity contribution in [3.8, 4) is 11.5 Å². The quantitative estimate of drug-likeness (QED) is 0.465. The Morgan fingerprint density at radius 2 is 2.00 bits per heavy atom. The number of phenolic OH excluding ortho intramolecular Hbond substituents is 1. The zero-order valence-electron chi connectivity index (χ0n) is 13.1. The number of non-ortho nitro benzene ring substituents is 1. The lowest BCUT2D eigenvalue weighted by Crippen LogP contribution is -2.21. The van der Waals surface area contributed by atoms with Gasteiger partial charge in [-0.05, 0) is 24.3 Å². The van der Waals surface area contributed by atoms with Gasteiger partial charge in [-0.25, -0.2) is 4.79 Å². The summed E-state index contributed by atoms with van der Waals surface area (Å²) in [7, 11) is 1.35. The van der Waals surface area contributed by atoms with Crippen LogP contribution in [0.1, 0.15) is 10.4 Å². The number of hydrogen-bond donors (Lipinski definition) is 2. The van der Waals surface area contributed by atoms with E-state index in [1.54, 1.807) is 0 Å². The first kappa shape index (κ1) is 17.7. The van der Waals surface area contributed by atoms with Crippen LogP contribution in [-0.4, -0.2) is 35.6 Å². The molecular weight excluding hydrogens is 332 g/mol. The lowest BCUT2D eigenvalue weighted by Gasteiger charge is -2.10. The number of methoxy groups -OCH3 is 1. The van der Waals surface area contributed by atoms with Gasteiger partial charge in [0.2, 0.25) is 0 Å². The number of nitrogens with zero attached hydrogens (tertiary/aromatic N) is 1. The predicted octanol–water partition coefficient (Wildman–Crippen LogP) is 2.10. The normalized spacial score (nSPS) is 9.96. The van der Waals surface area contributed by atoms with Gasteiger partial charge in [0, 0.05) is 12.1 Å². The van der Waals surface area contributed by atoms with E-state index in [0.717, 1.165) is 6.07 Å². The Bertz CT molecular complexity index is 820. The molecule has 0 heterocycles. The van der Waals surface area contributed by atoms with E-state index in [1.165, 1.54) is 43.5 Å². The van der Waals surface area contributed by atoms with Crippen molar-refractivity contribution in [2.75, 3.05) is 19.0 Å². The number of benzene rings is 2. The van der Waals surface area contributed by atoms with Crippen molar-refractivity contribution in [2.45, 2.75) is 0 Å². The third-order valence-electron chi connectivity index (χ3n) is 3.08. The Balaban J connectivity index is 2.01. The molecule has 9 heteroatoms. The highest BCUT2D eigenvalue weighted by molar-refractivity contribution is 5.96. The topological polar surface area (TPSA) is 128 Å². The molecule has 0 saturated carbocycles. The number of amides is 1. The van der Waals surface area contributed by atoms with E-state index in [1.807, 2.05) is 0 Å². The fraction of sp³-hybridized carbons (Fsp3) is 0.125. The number of hydrogen-bond acceptors (Lipinski definition) is 7. The molecule has 1 amide bonds. The standard InChI is InChI=1S/C16H14N2O7/c1-24-14-6-5-11(18(22)23)8-13(14)17-15(20)9-25-16(21)10-3-2-4-12(19)7-10/h2-8,19H,9H2,1H3,(H,17,20). The number of nitro benzene ring substituents is 1. The second-order valence-corrected chi connectivity index (χ2v) is 4.82. The molecule has 2 aromatic rings. The minimum absolute atomic E-state index is 0.0788. The summed E-state index contributed by atoms with van der Waals surface area (Å²) < 4.78 is 9.85. The van der Waals surface area contributed by atoms with Gasteiger partial charge in [-0.3, -0.25) is 14.9 Å².